The van der Waals surface area contributed by atoms with Crippen LogP contribution in [0.15, 0.2) is 18.2 Å². The third kappa shape index (κ3) is 4.66. The number of halogens is 2. The molecule has 2 atom stereocenters. The molecule has 0 unspecified atom stereocenters. The Bertz CT molecular complexity index is 510. The maximum atomic E-state index is 13.0. The van der Waals surface area contributed by atoms with Crippen LogP contribution in [0.2, 0.25) is 5.02 Å². The van der Waals surface area contributed by atoms with E-state index in [-0.39, 0.29) is 17.8 Å². The van der Waals surface area contributed by atoms with Gasteiger partial charge in [-0.15, -0.1) is 0 Å². The van der Waals surface area contributed by atoms with E-state index in [2.05, 4.69) is 10.2 Å². The molecule has 1 aromatic rings. The van der Waals surface area contributed by atoms with Crippen molar-refractivity contribution in [3.05, 3.63) is 34.6 Å². The minimum atomic E-state index is -0.494. The summed E-state index contributed by atoms with van der Waals surface area (Å²) in [5.41, 5.74) is 6.47. The van der Waals surface area contributed by atoms with Gasteiger partial charge in [0.2, 0.25) is 5.91 Å². The Morgan fingerprint density at radius 2 is 2.38 bits per heavy atom. The molecular formula is C15H21ClFN3O. The quantitative estimate of drug-likeness (QED) is 0.892. The van der Waals surface area contributed by atoms with Crippen molar-refractivity contribution in [3.8, 4) is 0 Å². The molecule has 1 amide bonds. The van der Waals surface area contributed by atoms with Crippen LogP contribution >= 0.6 is 11.6 Å². The minimum Gasteiger partial charge on any atom is -0.351 e. The lowest BCUT2D eigenvalue weighted by atomic mass is 10.0. The summed E-state index contributed by atoms with van der Waals surface area (Å²) < 4.78 is 13.0. The van der Waals surface area contributed by atoms with Gasteiger partial charge >= 0.3 is 0 Å². The third-order valence-corrected chi connectivity index (χ3v) is 4.03. The average molecular weight is 314 g/mol. The van der Waals surface area contributed by atoms with E-state index in [0.29, 0.717) is 11.6 Å². The Morgan fingerprint density at radius 1 is 1.62 bits per heavy atom. The van der Waals surface area contributed by atoms with Crippen LogP contribution in [-0.2, 0) is 11.3 Å². The summed E-state index contributed by atoms with van der Waals surface area (Å²) in [6.45, 7) is 4.03. The molecule has 21 heavy (non-hydrogen) atoms. The molecule has 0 aliphatic carbocycles. The van der Waals surface area contributed by atoms with E-state index in [4.69, 9.17) is 17.3 Å². The Kier molecular flexibility index (Phi) is 5.56. The normalized spacial score (nSPS) is 21.0. The molecule has 1 aromatic carbocycles. The molecule has 2 rings (SSSR count). The highest BCUT2D eigenvalue weighted by Gasteiger charge is 2.22. The molecule has 1 aliphatic rings. The fourth-order valence-corrected chi connectivity index (χ4v) is 2.77. The van der Waals surface area contributed by atoms with Gasteiger partial charge in [0.05, 0.1) is 6.04 Å². The molecule has 116 valence electrons. The maximum absolute atomic E-state index is 13.0. The predicted octanol–water partition coefficient (Wildman–Crippen LogP) is 1.91. The number of nitrogens with one attached hydrogen (secondary N) is 1. The van der Waals surface area contributed by atoms with Gasteiger partial charge in [0.15, 0.2) is 0 Å². The zero-order valence-corrected chi connectivity index (χ0v) is 12.9. The molecule has 1 saturated heterocycles. The van der Waals surface area contributed by atoms with Crippen molar-refractivity contribution >= 4 is 17.5 Å². The van der Waals surface area contributed by atoms with Crippen molar-refractivity contribution in [2.75, 3.05) is 13.1 Å². The Balaban J connectivity index is 1.93. The molecule has 0 spiro atoms. The Labute approximate surface area is 129 Å². The summed E-state index contributed by atoms with van der Waals surface area (Å²) in [5.74, 6) is -0.453. The molecule has 0 bridgehead atoms. The van der Waals surface area contributed by atoms with Crippen molar-refractivity contribution in [2.24, 2.45) is 5.73 Å². The van der Waals surface area contributed by atoms with Gasteiger partial charge in [0.1, 0.15) is 5.82 Å². The standard InChI is InChI=1S/C15H21ClFN3O/c1-10(18)15(21)19-13-3-2-6-20(9-13)8-11-4-5-12(17)7-14(11)16/h4-5,7,10,13H,2-3,6,8-9,18H2,1H3,(H,19,21)/t10-,13+/m0/s1. The summed E-state index contributed by atoms with van der Waals surface area (Å²) in [4.78, 5) is 13.9. The Morgan fingerprint density at radius 3 is 3.05 bits per heavy atom. The third-order valence-electron chi connectivity index (χ3n) is 3.67. The van der Waals surface area contributed by atoms with E-state index in [9.17, 15) is 9.18 Å². The lowest BCUT2D eigenvalue weighted by molar-refractivity contribution is -0.123. The number of benzene rings is 1. The van der Waals surface area contributed by atoms with Crippen LogP contribution in [0.1, 0.15) is 25.3 Å². The van der Waals surface area contributed by atoms with Crippen LogP contribution in [0, 0.1) is 5.82 Å². The summed E-state index contributed by atoms with van der Waals surface area (Å²) in [6.07, 6.45) is 1.95. The van der Waals surface area contributed by atoms with Crippen LogP contribution in [0.3, 0.4) is 0 Å². The molecule has 0 aromatic heterocycles. The predicted molar refractivity (Wildman–Crippen MR) is 81.5 cm³/mol. The van der Waals surface area contributed by atoms with E-state index in [0.717, 1.165) is 31.5 Å². The lowest BCUT2D eigenvalue weighted by Crippen LogP contribution is -2.51. The van der Waals surface area contributed by atoms with E-state index in [1.165, 1.54) is 12.1 Å². The molecule has 0 radical (unpaired) electrons. The SMILES string of the molecule is C[C@H](N)C(=O)N[C@@H]1CCCN(Cc2ccc(F)cc2Cl)C1. The van der Waals surface area contributed by atoms with Gasteiger partial charge in [-0.2, -0.15) is 0 Å². The van der Waals surface area contributed by atoms with Crippen molar-refractivity contribution in [3.63, 3.8) is 0 Å². The Hall–Kier alpha value is -1.17. The fourth-order valence-electron chi connectivity index (χ4n) is 2.54. The molecule has 6 heteroatoms. The zero-order valence-electron chi connectivity index (χ0n) is 12.1. The van der Waals surface area contributed by atoms with Gasteiger partial charge in [-0.1, -0.05) is 17.7 Å². The monoisotopic (exact) mass is 313 g/mol. The first-order valence-corrected chi connectivity index (χ1v) is 7.55. The van der Waals surface area contributed by atoms with Crippen LogP contribution in [0.25, 0.3) is 0 Å². The van der Waals surface area contributed by atoms with Crippen LogP contribution < -0.4 is 11.1 Å². The highest BCUT2D eigenvalue weighted by molar-refractivity contribution is 6.31. The first kappa shape index (κ1) is 16.2. The number of rotatable bonds is 4. The van der Waals surface area contributed by atoms with Crippen molar-refractivity contribution in [1.82, 2.24) is 10.2 Å². The van der Waals surface area contributed by atoms with Crippen LogP contribution in [-0.4, -0.2) is 36.0 Å². The van der Waals surface area contributed by atoms with Gasteiger partial charge in [-0.25, -0.2) is 4.39 Å². The first-order chi connectivity index (χ1) is 9.95. The van der Waals surface area contributed by atoms with E-state index >= 15 is 0 Å². The molecule has 3 N–H and O–H groups in total. The number of piperidine rings is 1. The van der Waals surface area contributed by atoms with Gasteiger partial charge < -0.3 is 11.1 Å². The summed E-state index contributed by atoms with van der Waals surface area (Å²) in [7, 11) is 0. The fraction of sp³-hybridized carbons (Fsp3) is 0.533. The molecular weight excluding hydrogens is 293 g/mol. The average Bonchev–Trinajstić information content (AvgIpc) is 2.42. The molecule has 1 aliphatic heterocycles. The number of nitrogens with zero attached hydrogens (tertiary/aromatic N) is 1. The zero-order chi connectivity index (χ0) is 15.4. The minimum absolute atomic E-state index is 0.108. The van der Waals surface area contributed by atoms with Crippen LogP contribution in [0.4, 0.5) is 4.39 Å². The summed E-state index contributed by atoms with van der Waals surface area (Å²) in [6, 6.07) is 4.07. The molecule has 4 nitrogen and oxygen atoms in total. The molecule has 1 fully saturated rings. The largest absolute Gasteiger partial charge is 0.351 e. The second kappa shape index (κ2) is 7.20. The highest BCUT2D eigenvalue weighted by Crippen LogP contribution is 2.21. The van der Waals surface area contributed by atoms with Crippen molar-refractivity contribution in [1.29, 1.82) is 0 Å². The second-order valence-electron chi connectivity index (χ2n) is 5.61. The summed E-state index contributed by atoms with van der Waals surface area (Å²) >= 11 is 6.06. The van der Waals surface area contributed by atoms with Gasteiger partial charge in [-0.05, 0) is 44.0 Å². The molecule has 0 saturated carbocycles. The van der Waals surface area contributed by atoms with Crippen molar-refractivity contribution < 1.29 is 9.18 Å². The number of nitrogens with two attached hydrogens (primary N) is 1. The first-order valence-electron chi connectivity index (χ1n) is 7.18. The van der Waals surface area contributed by atoms with Gasteiger partial charge in [0.25, 0.3) is 0 Å². The number of amides is 1. The topological polar surface area (TPSA) is 58.4 Å². The van der Waals surface area contributed by atoms with E-state index < -0.39 is 6.04 Å². The number of carbonyl (C=O) groups excluding carboxylic acids is 1. The summed E-state index contributed by atoms with van der Waals surface area (Å²) in [5, 5.41) is 3.40. The number of carbonyl (C=O) groups is 1. The van der Waals surface area contributed by atoms with Crippen molar-refractivity contribution in [2.45, 2.75) is 38.4 Å². The number of hydrogen-bond donors (Lipinski definition) is 2. The van der Waals surface area contributed by atoms with E-state index in [1.807, 2.05) is 0 Å². The number of likely N-dealkylation sites (tertiary alicyclic amines) is 1. The smallest absolute Gasteiger partial charge is 0.236 e. The highest BCUT2D eigenvalue weighted by atomic mass is 35.5. The molecule has 1 heterocycles. The van der Waals surface area contributed by atoms with Crippen LogP contribution in [0.5, 0.6) is 0 Å². The van der Waals surface area contributed by atoms with Gasteiger partial charge in [-0.3, -0.25) is 9.69 Å². The second-order valence-corrected chi connectivity index (χ2v) is 6.01. The van der Waals surface area contributed by atoms with E-state index in [1.54, 1.807) is 13.0 Å². The van der Waals surface area contributed by atoms with Gasteiger partial charge in [0, 0.05) is 24.2 Å². The lowest BCUT2D eigenvalue weighted by Gasteiger charge is -2.33. The maximum Gasteiger partial charge on any atom is 0.236 e. The number of hydrogen-bond acceptors (Lipinski definition) is 3.